The Kier molecular flexibility index (Phi) is 8.18. The van der Waals surface area contributed by atoms with Crippen LogP contribution < -0.4 is 9.47 Å². The lowest BCUT2D eigenvalue weighted by Crippen LogP contribution is -2.41. The summed E-state index contributed by atoms with van der Waals surface area (Å²) < 4.78 is 16.9. The van der Waals surface area contributed by atoms with Crippen molar-refractivity contribution in [3.8, 4) is 11.6 Å². The molecule has 1 aromatic carbocycles. The minimum Gasteiger partial charge on any atom is -0.496 e. The average molecular weight is 469 g/mol. The van der Waals surface area contributed by atoms with E-state index in [0.29, 0.717) is 30.3 Å². The largest absolute Gasteiger partial charge is 0.496 e. The zero-order valence-electron chi connectivity index (χ0n) is 21.1. The maximum atomic E-state index is 12.3. The fourth-order valence-corrected chi connectivity index (χ4v) is 3.92. The number of piperidine rings is 1. The summed E-state index contributed by atoms with van der Waals surface area (Å²) in [5.41, 5.74) is 1.95. The van der Waals surface area contributed by atoms with Crippen molar-refractivity contribution in [3.05, 3.63) is 53.2 Å². The third-order valence-corrected chi connectivity index (χ3v) is 5.78. The van der Waals surface area contributed by atoms with E-state index in [4.69, 9.17) is 19.2 Å². The van der Waals surface area contributed by atoms with Crippen molar-refractivity contribution in [3.63, 3.8) is 0 Å². The van der Waals surface area contributed by atoms with Crippen molar-refractivity contribution < 1.29 is 23.8 Å². The van der Waals surface area contributed by atoms with Crippen LogP contribution in [0.25, 0.3) is 0 Å². The number of Topliss-reactive ketones (excluding diaryl/α,β-unsaturated/α-hetero) is 1. The highest BCUT2D eigenvalue weighted by Gasteiger charge is 2.28. The van der Waals surface area contributed by atoms with E-state index < -0.39 is 5.60 Å². The molecule has 2 aromatic rings. The minimum atomic E-state index is -0.492. The molecule has 7 nitrogen and oxygen atoms in total. The second-order valence-corrected chi connectivity index (χ2v) is 9.98. The summed E-state index contributed by atoms with van der Waals surface area (Å²) in [6, 6.07) is 11.2. The molecule has 0 bridgehead atoms. The topological polar surface area (TPSA) is 78.0 Å². The van der Waals surface area contributed by atoms with E-state index in [2.05, 4.69) is 0 Å². The summed E-state index contributed by atoms with van der Waals surface area (Å²) in [6.07, 6.45) is 1.40. The van der Waals surface area contributed by atoms with Gasteiger partial charge in [-0.1, -0.05) is 32.0 Å². The molecule has 1 amide bonds. The van der Waals surface area contributed by atoms with Gasteiger partial charge < -0.3 is 19.1 Å². The van der Waals surface area contributed by atoms with Crippen molar-refractivity contribution in [2.45, 2.75) is 65.6 Å². The van der Waals surface area contributed by atoms with Gasteiger partial charge in [-0.15, -0.1) is 0 Å². The van der Waals surface area contributed by atoms with Gasteiger partial charge in [-0.2, -0.15) is 0 Å². The lowest BCUT2D eigenvalue weighted by molar-refractivity contribution is 0.0203. The summed E-state index contributed by atoms with van der Waals surface area (Å²) in [7, 11) is 1.59. The highest BCUT2D eigenvalue weighted by molar-refractivity contribution is 5.97. The Balaban J connectivity index is 1.60. The summed E-state index contributed by atoms with van der Waals surface area (Å²) >= 11 is 0. The van der Waals surface area contributed by atoms with E-state index in [1.54, 1.807) is 18.1 Å². The number of hydrogen-bond acceptors (Lipinski definition) is 6. The Morgan fingerprint density at radius 1 is 1.12 bits per heavy atom. The molecule has 1 fully saturated rings. The molecule has 0 atom stereocenters. The van der Waals surface area contributed by atoms with Crippen LogP contribution in [-0.2, 0) is 11.3 Å². The molecule has 0 unspecified atom stereocenters. The second kappa shape index (κ2) is 10.9. The Morgan fingerprint density at radius 3 is 2.44 bits per heavy atom. The highest BCUT2D eigenvalue weighted by atomic mass is 16.6. The van der Waals surface area contributed by atoms with Crippen molar-refractivity contribution in [2.75, 3.05) is 20.2 Å². The minimum absolute atomic E-state index is 0.0743. The van der Waals surface area contributed by atoms with E-state index >= 15 is 0 Å². The van der Waals surface area contributed by atoms with Crippen LogP contribution in [0.2, 0.25) is 0 Å². The Hall–Kier alpha value is -3.09. The fourth-order valence-electron chi connectivity index (χ4n) is 3.92. The van der Waals surface area contributed by atoms with Gasteiger partial charge >= 0.3 is 6.09 Å². The third kappa shape index (κ3) is 6.72. The molecule has 1 aliphatic rings. The first-order valence-electron chi connectivity index (χ1n) is 11.9. The molecule has 3 rings (SSSR count). The number of nitrogens with zero attached hydrogens (tertiary/aromatic N) is 2. The maximum absolute atomic E-state index is 12.3. The van der Waals surface area contributed by atoms with Gasteiger partial charge in [0.2, 0.25) is 5.88 Å². The molecule has 1 saturated heterocycles. The van der Waals surface area contributed by atoms with Gasteiger partial charge in [0.25, 0.3) is 0 Å². The van der Waals surface area contributed by atoms with Gasteiger partial charge in [0, 0.05) is 47.8 Å². The highest BCUT2D eigenvalue weighted by Crippen LogP contribution is 2.29. The smallest absolute Gasteiger partial charge is 0.410 e. The lowest BCUT2D eigenvalue weighted by Gasteiger charge is -2.33. The van der Waals surface area contributed by atoms with Gasteiger partial charge in [0.15, 0.2) is 5.78 Å². The zero-order valence-corrected chi connectivity index (χ0v) is 21.1. The first-order chi connectivity index (χ1) is 16.1. The molecule has 0 spiro atoms. The monoisotopic (exact) mass is 468 g/mol. The SMILES string of the molecule is COc1cc(C(=O)C(C)C)ccc1COc1cccc(C2CCN(C(=O)OC(C)(C)C)CC2)n1. The third-order valence-electron chi connectivity index (χ3n) is 5.78. The predicted molar refractivity (Wildman–Crippen MR) is 131 cm³/mol. The number of aromatic nitrogens is 1. The van der Waals surface area contributed by atoms with E-state index in [1.165, 1.54) is 0 Å². The molecule has 0 radical (unpaired) electrons. The molecular weight excluding hydrogens is 432 g/mol. The normalized spacial score (nSPS) is 14.7. The van der Waals surface area contributed by atoms with Gasteiger partial charge in [-0.05, 0) is 45.7 Å². The zero-order chi connectivity index (χ0) is 24.9. The summed E-state index contributed by atoms with van der Waals surface area (Å²) in [4.78, 5) is 31.1. The first kappa shape index (κ1) is 25.5. The Labute approximate surface area is 202 Å². The Bertz CT molecular complexity index is 1000. The molecule has 34 heavy (non-hydrogen) atoms. The number of methoxy groups -OCH3 is 1. The number of pyridine rings is 1. The predicted octanol–water partition coefficient (Wildman–Crippen LogP) is 5.62. The first-order valence-corrected chi connectivity index (χ1v) is 11.9. The van der Waals surface area contributed by atoms with Crippen molar-refractivity contribution in [1.82, 2.24) is 9.88 Å². The summed E-state index contributed by atoms with van der Waals surface area (Å²) in [5.74, 6) is 1.43. The average Bonchev–Trinajstić information content (AvgIpc) is 2.81. The van der Waals surface area contributed by atoms with Crippen LogP contribution in [-0.4, -0.2) is 47.6 Å². The molecule has 0 N–H and O–H groups in total. The van der Waals surface area contributed by atoms with Gasteiger partial charge in [0.05, 0.1) is 7.11 Å². The molecular formula is C27H36N2O5. The number of carbonyl (C=O) groups excluding carboxylic acids is 2. The maximum Gasteiger partial charge on any atom is 0.410 e. The molecule has 2 heterocycles. The number of likely N-dealkylation sites (tertiary alicyclic amines) is 1. The van der Waals surface area contributed by atoms with Crippen molar-refractivity contribution >= 4 is 11.9 Å². The molecule has 7 heteroatoms. The van der Waals surface area contributed by atoms with Gasteiger partial charge in [-0.25, -0.2) is 9.78 Å². The van der Waals surface area contributed by atoms with Crippen LogP contribution in [0.4, 0.5) is 4.79 Å². The van der Waals surface area contributed by atoms with Crippen LogP contribution in [0.15, 0.2) is 36.4 Å². The van der Waals surface area contributed by atoms with Crippen LogP contribution in [0.5, 0.6) is 11.6 Å². The lowest BCUT2D eigenvalue weighted by atomic mass is 9.93. The van der Waals surface area contributed by atoms with Crippen molar-refractivity contribution in [2.24, 2.45) is 5.92 Å². The summed E-state index contributed by atoms with van der Waals surface area (Å²) in [5, 5.41) is 0. The van der Waals surface area contributed by atoms with Gasteiger partial charge in [-0.3, -0.25) is 4.79 Å². The van der Waals surface area contributed by atoms with Crippen LogP contribution in [0.1, 0.15) is 75.0 Å². The number of rotatable bonds is 7. The van der Waals surface area contributed by atoms with Gasteiger partial charge in [0.1, 0.15) is 18.0 Å². The number of amides is 1. The number of benzene rings is 1. The number of hydrogen-bond donors (Lipinski definition) is 0. The van der Waals surface area contributed by atoms with E-state index in [1.807, 2.05) is 65.0 Å². The molecule has 184 valence electrons. The molecule has 0 aliphatic carbocycles. The fraction of sp³-hybridized carbons (Fsp3) is 0.519. The molecule has 0 saturated carbocycles. The van der Waals surface area contributed by atoms with Crippen LogP contribution in [0, 0.1) is 5.92 Å². The number of ketones is 1. The molecule has 1 aromatic heterocycles. The number of carbonyl (C=O) groups is 2. The van der Waals surface area contributed by atoms with E-state index in [-0.39, 0.29) is 30.3 Å². The second-order valence-electron chi connectivity index (χ2n) is 9.98. The molecule has 1 aliphatic heterocycles. The number of ether oxygens (including phenoxy) is 3. The summed E-state index contributed by atoms with van der Waals surface area (Å²) in [6.45, 7) is 11.0. The van der Waals surface area contributed by atoms with E-state index in [9.17, 15) is 9.59 Å². The standard InChI is InChI=1S/C27H36N2O5/c1-18(2)25(30)20-10-11-21(23(16-20)32-6)17-33-24-9-7-8-22(28-24)19-12-14-29(15-13-19)26(31)34-27(3,4)5/h7-11,16,18-19H,12-15,17H2,1-6H3. The quantitative estimate of drug-likeness (QED) is 0.491. The van der Waals surface area contributed by atoms with E-state index in [0.717, 1.165) is 24.1 Å². The Morgan fingerprint density at radius 2 is 1.82 bits per heavy atom. The van der Waals surface area contributed by atoms with Crippen molar-refractivity contribution in [1.29, 1.82) is 0 Å². The van der Waals surface area contributed by atoms with Crippen LogP contribution >= 0.6 is 0 Å². The van der Waals surface area contributed by atoms with Crippen LogP contribution in [0.3, 0.4) is 0 Å².